The standard InChI is InChI=1S/2C17H18F3NO.2CH4.ClH/c2*1-21-12-11-16(13-5-3-2-4-6-13)22-15-9-7-14(8-10-15)17(18,19)20;;;/h2*2-10,16,21H,11-12H2,1H3;2*1H4;1H/t2*16-;;;/m11.../s1/i2*1D3,2D,3D,4D,5D,6D,7D,8D,9D,10D,11D2,12D2,16D;;;. The number of quaternary nitrogens is 1. The molecule has 2 atom stereocenters. The highest BCUT2D eigenvalue weighted by atomic mass is 35.5. The molecule has 0 amide bonds. The maximum atomic E-state index is 13.4. The molecule has 0 aliphatic rings. The molecule has 4 nitrogen and oxygen atoms in total. The molecule has 0 bridgehead atoms. The number of hydrogen-bond acceptors (Lipinski definition) is 3. The smallest absolute Gasteiger partial charge is 0.416 e. The van der Waals surface area contributed by atoms with Gasteiger partial charge in [-0.25, -0.2) is 0 Å². The number of benzene rings is 4. The van der Waals surface area contributed by atoms with Crippen molar-refractivity contribution < 1.29 is 100 Å². The lowest BCUT2D eigenvalue weighted by Gasteiger charge is -2.20. The highest BCUT2D eigenvalue weighted by Crippen LogP contribution is 2.33. The monoisotopic (exact) mass is 721 g/mol. The summed E-state index contributed by atoms with van der Waals surface area (Å²) in [5.74, 6) is -3.14. The predicted molar refractivity (Wildman–Crippen MR) is 172 cm³/mol. The third-order valence-electron chi connectivity index (χ3n) is 4.13. The number of alkyl halides is 6. The van der Waals surface area contributed by atoms with Crippen LogP contribution < -0.4 is 32.5 Å². The first-order valence-electron chi connectivity index (χ1n) is 28.0. The van der Waals surface area contributed by atoms with E-state index in [1.807, 2.05) is 0 Å². The zero-order chi connectivity index (χ0) is 61.7. The zero-order valence-corrected chi connectivity index (χ0v) is 22.3. The van der Waals surface area contributed by atoms with Crippen molar-refractivity contribution in [3.63, 3.8) is 0 Å². The van der Waals surface area contributed by atoms with Crippen LogP contribution in [0.1, 0.15) is 109 Å². The van der Waals surface area contributed by atoms with Crippen molar-refractivity contribution >= 4 is 0 Å². The van der Waals surface area contributed by atoms with Gasteiger partial charge in [-0.05, 0) is 72.9 Å². The van der Waals surface area contributed by atoms with Crippen molar-refractivity contribution in [2.75, 3.05) is 26.9 Å². The van der Waals surface area contributed by atoms with E-state index in [2.05, 4.69) is 0 Å². The topological polar surface area (TPSA) is 47.1 Å². The summed E-state index contributed by atoms with van der Waals surface area (Å²) in [5.41, 5.74) is -7.06. The maximum absolute atomic E-state index is 13.4. The van der Waals surface area contributed by atoms with Gasteiger partial charge in [0.15, 0.2) is 0 Å². The molecule has 11 heteroatoms. The van der Waals surface area contributed by atoms with E-state index in [1.54, 1.807) is 0 Å². The summed E-state index contributed by atoms with van der Waals surface area (Å²) in [6, 6.07) is -25.8. The van der Waals surface area contributed by atoms with Gasteiger partial charge in [0.05, 0.1) is 58.9 Å². The number of ether oxygens (including phenoxy) is 2. The maximum Gasteiger partial charge on any atom is 0.416 e. The van der Waals surface area contributed by atoms with Crippen LogP contribution in [0.4, 0.5) is 26.3 Å². The highest BCUT2D eigenvalue weighted by molar-refractivity contribution is 5.31. The molecule has 0 spiro atoms. The van der Waals surface area contributed by atoms with E-state index in [1.165, 1.54) is 5.32 Å². The van der Waals surface area contributed by atoms with Gasteiger partial charge < -0.3 is 32.5 Å². The highest BCUT2D eigenvalue weighted by Gasteiger charge is 2.31. The van der Waals surface area contributed by atoms with Gasteiger partial charge in [-0.15, -0.1) is 0 Å². The van der Waals surface area contributed by atoms with Crippen LogP contribution in [0.5, 0.6) is 11.5 Å². The quantitative estimate of drug-likeness (QED) is 0.174. The van der Waals surface area contributed by atoms with Crippen LogP contribution >= 0.6 is 0 Å². The van der Waals surface area contributed by atoms with Gasteiger partial charge in [0.2, 0.25) is 0 Å². The number of hydrogen-bond donors (Lipinski definition) is 2. The van der Waals surface area contributed by atoms with Crippen molar-refractivity contribution in [3.05, 3.63) is 131 Å². The van der Waals surface area contributed by atoms with Gasteiger partial charge in [0, 0.05) is 25.1 Å². The minimum Gasteiger partial charge on any atom is -1.00 e. The second-order valence-corrected chi connectivity index (χ2v) is 7.05. The largest absolute Gasteiger partial charge is 1.00 e. The second-order valence-electron chi connectivity index (χ2n) is 7.05. The molecular weight excluding hydrogens is 642 g/mol. The molecule has 0 saturated carbocycles. The Balaban J connectivity index is 0.00000152. The van der Waals surface area contributed by atoms with Crippen LogP contribution in [0.3, 0.4) is 0 Å². The number of nitrogens with one attached hydrogen (secondary N) is 1. The fraction of sp³-hybridized carbons (Fsp3) is 0.333. The average molecular weight is 721 g/mol. The molecule has 0 saturated heterocycles. The molecule has 0 radical (unpaired) electrons. The fourth-order valence-electron chi connectivity index (χ4n) is 2.39. The van der Waals surface area contributed by atoms with Crippen molar-refractivity contribution in [2.24, 2.45) is 0 Å². The third-order valence-corrected chi connectivity index (χ3v) is 4.13. The van der Waals surface area contributed by atoms with Crippen molar-refractivity contribution in [1.82, 2.24) is 5.32 Å². The van der Waals surface area contributed by atoms with Crippen LogP contribution in [0.15, 0.2) is 109 Å². The Morgan fingerprint density at radius 3 is 1.47 bits per heavy atom. The molecule has 0 fully saturated rings. The molecule has 4 rings (SSSR count). The zero-order valence-electron chi connectivity index (χ0n) is 55.5. The Bertz CT molecular complexity index is 2710. The average Bonchev–Trinajstić information content (AvgIpc) is 3.25. The Hall–Kier alpha value is -3.73. The summed E-state index contributed by atoms with van der Waals surface area (Å²) in [6.45, 7) is -14.4. The lowest BCUT2D eigenvalue weighted by Crippen LogP contribution is -3.00. The lowest BCUT2D eigenvalue weighted by atomic mass is 10.1. The van der Waals surface area contributed by atoms with Gasteiger partial charge in [-0.1, -0.05) is 75.3 Å². The van der Waals surface area contributed by atoms with E-state index in [0.29, 0.717) is 0 Å². The molecule has 0 aliphatic carbocycles. The molecular formula is C36H45ClF6N2O2. The summed E-state index contributed by atoms with van der Waals surface area (Å²) < 4.78 is 359. The number of nitrogens with two attached hydrogens (primary N) is 1. The summed E-state index contributed by atoms with van der Waals surface area (Å²) in [4.78, 5) is 0. The second kappa shape index (κ2) is 21.2. The Labute approximate surface area is 328 Å². The van der Waals surface area contributed by atoms with Crippen molar-refractivity contribution in [1.29, 1.82) is 0 Å². The van der Waals surface area contributed by atoms with Crippen LogP contribution in [-0.2, 0) is 12.4 Å². The van der Waals surface area contributed by atoms with Gasteiger partial charge in [0.1, 0.15) is 23.7 Å². The summed E-state index contributed by atoms with van der Waals surface area (Å²) >= 11 is 0. The van der Waals surface area contributed by atoms with E-state index < -0.39 is 207 Å². The van der Waals surface area contributed by atoms with Crippen molar-refractivity contribution in [2.45, 2.75) is 52.1 Å². The summed E-state index contributed by atoms with van der Waals surface area (Å²) in [7, 11) is 0. The molecule has 0 aromatic heterocycles. The van der Waals surface area contributed by atoms with E-state index in [-0.39, 0.29) is 32.6 Å². The lowest BCUT2D eigenvalue weighted by molar-refractivity contribution is -0.628. The molecule has 47 heavy (non-hydrogen) atoms. The molecule has 4 aromatic rings. The van der Waals surface area contributed by atoms with Crippen LogP contribution in [0.25, 0.3) is 0 Å². The van der Waals surface area contributed by atoms with Gasteiger partial charge in [-0.3, -0.25) is 0 Å². The molecule has 3 N–H and O–H groups in total. The number of halogens is 7. The van der Waals surface area contributed by atoms with Crippen LogP contribution in [0, 0.1) is 0 Å². The molecule has 0 unspecified atom stereocenters. The normalized spacial score (nSPS) is 25.6. The Kier molecular flexibility index (Phi) is 6.00. The minimum absolute atomic E-state index is 0. The molecule has 0 heterocycles. The molecule has 4 aromatic carbocycles. The first-order valence-corrected chi connectivity index (χ1v) is 11.0. The fourth-order valence-corrected chi connectivity index (χ4v) is 2.39. The van der Waals surface area contributed by atoms with E-state index in [0.717, 1.165) is 0 Å². The van der Waals surface area contributed by atoms with E-state index >= 15 is 0 Å². The SMILES string of the molecule is C.C.[2H]c1c([2H])c([2H])c([C@]([2H])(Oc2c([2H])c([2H])c(C(F)(F)F)c([2H])c2[2H])C([2H])([2H])C([2H])([2H])NC([2H])([2H])[2H])c([2H])c1[2H].[2H]c1c([2H])c([2H])c([C@]([2H])(Oc2c([2H])c([2H])c(C(F)(F)F)c([2H])c2[2H])C([2H])([2H])C([2H])([2H])[NH2+]C([2H])([2H])[2H])c([2H])c1[2H].[Cl-]. The third kappa shape index (κ3) is 14.7. The summed E-state index contributed by atoms with van der Waals surface area (Å²) in [6.07, 6.45) is -27.1. The van der Waals surface area contributed by atoms with Crippen LogP contribution in [0.2, 0.25) is 0 Å². The van der Waals surface area contributed by atoms with E-state index in [4.69, 9.17) is 56.1 Å². The summed E-state index contributed by atoms with van der Waals surface area (Å²) in [5, 5.41) is 1.06. The first kappa shape index (κ1) is 13.3. The Morgan fingerprint density at radius 2 is 1.11 bits per heavy atom. The van der Waals surface area contributed by atoms with Gasteiger partial charge >= 0.3 is 12.4 Å². The first-order chi connectivity index (χ1) is 34.5. The molecule has 260 valence electrons. The predicted octanol–water partition coefficient (Wildman–Crippen LogP) is 6.12. The molecule has 0 aliphatic heterocycles. The van der Waals surface area contributed by atoms with E-state index in [9.17, 15) is 26.3 Å². The van der Waals surface area contributed by atoms with Crippen molar-refractivity contribution in [3.8, 4) is 11.5 Å². The minimum atomic E-state index is -5.42. The Morgan fingerprint density at radius 1 is 0.702 bits per heavy atom. The van der Waals surface area contributed by atoms with Crippen LogP contribution in [-0.4, -0.2) is 26.9 Å². The van der Waals surface area contributed by atoms with Gasteiger partial charge in [-0.2, -0.15) is 26.3 Å². The number of rotatable bonds is 12. The van der Waals surface area contributed by atoms with Gasteiger partial charge in [0.25, 0.3) is 0 Å².